The monoisotopic (exact) mass is 215 g/mol. The second kappa shape index (κ2) is 8.08. The molecule has 0 saturated heterocycles. The van der Waals surface area contributed by atoms with Crippen LogP contribution in [0, 0.1) is 5.92 Å². The quantitative estimate of drug-likeness (QED) is 0.195. The van der Waals surface area contributed by atoms with Gasteiger partial charge in [-0.2, -0.15) is 0 Å². The molecule has 0 aliphatic heterocycles. The first-order valence-corrected chi connectivity index (χ1v) is 5.35. The number of hydrogen-bond acceptors (Lipinski definition) is 3. The molecule has 5 nitrogen and oxygen atoms in total. The predicted octanol–water partition coefficient (Wildman–Crippen LogP) is 1.07. The minimum atomic E-state index is 0.0778. The second-order valence-electron chi connectivity index (χ2n) is 3.65. The Morgan fingerprint density at radius 1 is 1.53 bits per heavy atom. The van der Waals surface area contributed by atoms with Crippen LogP contribution in [-0.4, -0.2) is 23.5 Å². The van der Waals surface area contributed by atoms with Crippen LogP contribution in [0.15, 0.2) is 5.16 Å². The summed E-state index contributed by atoms with van der Waals surface area (Å²) in [5.41, 5.74) is 5.30. The lowest BCUT2D eigenvalue weighted by molar-refractivity contribution is -0.124. The summed E-state index contributed by atoms with van der Waals surface area (Å²) in [5, 5.41) is 14.0. The highest BCUT2D eigenvalue weighted by Crippen LogP contribution is 2.00. The van der Waals surface area contributed by atoms with Gasteiger partial charge in [0.05, 0.1) is 0 Å². The smallest absolute Gasteiger partial charge is 0.222 e. The molecule has 0 aliphatic rings. The zero-order chi connectivity index (χ0) is 11.7. The summed E-state index contributed by atoms with van der Waals surface area (Å²) >= 11 is 0. The van der Waals surface area contributed by atoms with Crippen molar-refractivity contribution in [3.05, 3.63) is 0 Å². The predicted molar refractivity (Wildman–Crippen MR) is 59.7 cm³/mol. The van der Waals surface area contributed by atoms with Gasteiger partial charge in [-0.1, -0.05) is 19.0 Å². The maximum Gasteiger partial charge on any atom is 0.222 e. The molecule has 5 heteroatoms. The van der Waals surface area contributed by atoms with Crippen molar-refractivity contribution in [2.24, 2.45) is 16.8 Å². The van der Waals surface area contributed by atoms with E-state index in [1.54, 1.807) is 0 Å². The van der Waals surface area contributed by atoms with Gasteiger partial charge in [-0.15, -0.1) is 0 Å². The van der Waals surface area contributed by atoms with Gasteiger partial charge in [0.2, 0.25) is 5.91 Å². The highest BCUT2D eigenvalue weighted by atomic mass is 16.4. The van der Waals surface area contributed by atoms with E-state index >= 15 is 0 Å². The molecule has 0 rings (SSSR count). The van der Waals surface area contributed by atoms with E-state index < -0.39 is 0 Å². The van der Waals surface area contributed by atoms with Gasteiger partial charge >= 0.3 is 0 Å². The number of oxime groups is 1. The molecule has 0 heterocycles. The first-order valence-electron chi connectivity index (χ1n) is 5.35. The first-order chi connectivity index (χ1) is 7.11. The molecule has 1 amide bonds. The summed E-state index contributed by atoms with van der Waals surface area (Å²) in [6, 6.07) is 0. The summed E-state index contributed by atoms with van der Waals surface area (Å²) in [6.07, 6.45) is 3.08. The van der Waals surface area contributed by atoms with Crippen molar-refractivity contribution >= 4 is 11.7 Å². The Morgan fingerprint density at radius 2 is 2.20 bits per heavy atom. The van der Waals surface area contributed by atoms with Gasteiger partial charge in [-0.25, -0.2) is 0 Å². The third-order valence-corrected chi connectivity index (χ3v) is 2.35. The van der Waals surface area contributed by atoms with Crippen LogP contribution < -0.4 is 11.1 Å². The molecular formula is C10H21N3O2. The number of carbonyl (C=O) groups excluding carboxylic acids is 1. The van der Waals surface area contributed by atoms with Crippen LogP contribution in [-0.2, 0) is 4.79 Å². The van der Waals surface area contributed by atoms with Crippen LogP contribution >= 0.6 is 0 Å². The fourth-order valence-corrected chi connectivity index (χ4v) is 1.05. The number of amidine groups is 1. The molecule has 0 aromatic rings. The first kappa shape index (κ1) is 13.7. The fraction of sp³-hybridized carbons (Fsp3) is 0.800. The van der Waals surface area contributed by atoms with E-state index in [0.717, 1.165) is 19.3 Å². The number of rotatable bonds is 7. The molecule has 1 unspecified atom stereocenters. The van der Waals surface area contributed by atoms with Gasteiger partial charge < -0.3 is 16.3 Å². The van der Waals surface area contributed by atoms with E-state index in [0.29, 0.717) is 13.0 Å². The number of nitrogens with two attached hydrogens (primary N) is 1. The Morgan fingerprint density at radius 3 is 2.73 bits per heavy atom. The van der Waals surface area contributed by atoms with Gasteiger partial charge in [-0.05, 0) is 19.3 Å². The summed E-state index contributed by atoms with van der Waals surface area (Å²) in [6.45, 7) is 4.55. The minimum Gasteiger partial charge on any atom is -0.409 e. The summed E-state index contributed by atoms with van der Waals surface area (Å²) in [4.78, 5) is 11.3. The van der Waals surface area contributed by atoms with E-state index in [-0.39, 0.29) is 17.7 Å². The molecule has 4 N–H and O–H groups in total. The van der Waals surface area contributed by atoms with Crippen LogP contribution in [0.3, 0.4) is 0 Å². The molecule has 1 atom stereocenters. The summed E-state index contributed by atoms with van der Waals surface area (Å²) in [7, 11) is 0. The molecule has 0 aliphatic carbocycles. The number of unbranched alkanes of at least 4 members (excludes halogenated alkanes) is 1. The molecule has 0 spiro atoms. The lowest BCUT2D eigenvalue weighted by Gasteiger charge is -2.09. The molecule has 0 fully saturated rings. The van der Waals surface area contributed by atoms with Crippen molar-refractivity contribution in [3.63, 3.8) is 0 Å². The number of carbonyl (C=O) groups is 1. The molecule has 15 heavy (non-hydrogen) atoms. The highest BCUT2D eigenvalue weighted by molar-refractivity contribution is 5.79. The topological polar surface area (TPSA) is 87.7 Å². The normalized spacial score (nSPS) is 13.6. The summed E-state index contributed by atoms with van der Waals surface area (Å²) < 4.78 is 0. The number of nitrogens with one attached hydrogen (secondary N) is 1. The molecule has 0 bridgehead atoms. The van der Waals surface area contributed by atoms with E-state index in [1.165, 1.54) is 0 Å². The van der Waals surface area contributed by atoms with Gasteiger partial charge in [0.25, 0.3) is 0 Å². The highest BCUT2D eigenvalue weighted by Gasteiger charge is 2.08. The lowest BCUT2D eigenvalue weighted by Crippen LogP contribution is -2.29. The van der Waals surface area contributed by atoms with E-state index in [1.807, 2.05) is 13.8 Å². The van der Waals surface area contributed by atoms with Gasteiger partial charge in [0.1, 0.15) is 5.84 Å². The molecule has 0 aromatic heterocycles. The molecule has 0 aromatic carbocycles. The zero-order valence-corrected chi connectivity index (χ0v) is 9.49. The lowest BCUT2D eigenvalue weighted by atomic mass is 10.1. The van der Waals surface area contributed by atoms with Crippen molar-refractivity contribution in [1.82, 2.24) is 5.32 Å². The molecule has 0 radical (unpaired) electrons. The van der Waals surface area contributed by atoms with Crippen molar-refractivity contribution in [2.75, 3.05) is 6.54 Å². The average molecular weight is 215 g/mol. The maximum atomic E-state index is 11.3. The Labute approximate surface area is 90.7 Å². The van der Waals surface area contributed by atoms with Gasteiger partial charge in [0.15, 0.2) is 0 Å². The van der Waals surface area contributed by atoms with Crippen LogP contribution in [0.5, 0.6) is 0 Å². The van der Waals surface area contributed by atoms with Crippen molar-refractivity contribution in [1.29, 1.82) is 0 Å². The van der Waals surface area contributed by atoms with Crippen LogP contribution in [0.25, 0.3) is 0 Å². The molecule has 88 valence electrons. The SMILES string of the molecule is CCC(C)C(=O)NCCCCC(N)=NO. The second-order valence-corrected chi connectivity index (χ2v) is 3.65. The van der Waals surface area contributed by atoms with Crippen LogP contribution in [0.4, 0.5) is 0 Å². The fourth-order valence-electron chi connectivity index (χ4n) is 1.05. The third-order valence-electron chi connectivity index (χ3n) is 2.35. The number of amides is 1. The number of hydrogen-bond donors (Lipinski definition) is 3. The van der Waals surface area contributed by atoms with E-state index in [9.17, 15) is 4.79 Å². The maximum absolute atomic E-state index is 11.3. The van der Waals surface area contributed by atoms with Gasteiger partial charge in [-0.3, -0.25) is 4.79 Å². The average Bonchev–Trinajstić information content (AvgIpc) is 2.26. The minimum absolute atomic E-state index is 0.0778. The summed E-state index contributed by atoms with van der Waals surface area (Å²) in [5.74, 6) is 0.415. The van der Waals surface area contributed by atoms with Crippen molar-refractivity contribution < 1.29 is 10.0 Å². The van der Waals surface area contributed by atoms with Gasteiger partial charge in [0, 0.05) is 18.9 Å². The zero-order valence-electron chi connectivity index (χ0n) is 9.49. The standard InChI is InChI=1S/C10H21N3O2/c1-3-8(2)10(14)12-7-5-4-6-9(11)13-15/h8,15H,3-7H2,1-2H3,(H2,11,13)(H,12,14). The van der Waals surface area contributed by atoms with Crippen LogP contribution in [0.1, 0.15) is 39.5 Å². The molecule has 0 saturated carbocycles. The Balaban J connectivity index is 3.43. The number of nitrogens with zero attached hydrogens (tertiary/aromatic N) is 1. The largest absolute Gasteiger partial charge is 0.409 e. The van der Waals surface area contributed by atoms with Crippen LogP contribution in [0.2, 0.25) is 0 Å². The molecular weight excluding hydrogens is 194 g/mol. The van der Waals surface area contributed by atoms with E-state index in [4.69, 9.17) is 10.9 Å². The Bertz CT molecular complexity index is 217. The van der Waals surface area contributed by atoms with Crippen molar-refractivity contribution in [2.45, 2.75) is 39.5 Å². The Hall–Kier alpha value is -1.26. The van der Waals surface area contributed by atoms with E-state index in [2.05, 4.69) is 10.5 Å². The Kier molecular flexibility index (Phi) is 7.40. The van der Waals surface area contributed by atoms with Crippen molar-refractivity contribution in [3.8, 4) is 0 Å². The third kappa shape index (κ3) is 6.76.